The molecule has 0 fully saturated rings. The minimum absolute atomic E-state index is 0.113. The number of benzene rings is 1. The van der Waals surface area contributed by atoms with E-state index in [-0.39, 0.29) is 11.9 Å². The van der Waals surface area contributed by atoms with Crippen molar-refractivity contribution in [1.29, 1.82) is 0 Å². The van der Waals surface area contributed by atoms with Crippen LogP contribution in [0.2, 0.25) is 0 Å². The van der Waals surface area contributed by atoms with Crippen molar-refractivity contribution in [3.63, 3.8) is 0 Å². The van der Waals surface area contributed by atoms with Gasteiger partial charge < -0.3 is 15.1 Å². The number of anilines is 1. The van der Waals surface area contributed by atoms with Crippen molar-refractivity contribution in [2.45, 2.75) is 45.8 Å². The van der Waals surface area contributed by atoms with Crippen LogP contribution in [0.15, 0.2) is 28.7 Å². The number of hydrogen-bond donors (Lipinski definition) is 2. The van der Waals surface area contributed by atoms with E-state index in [1.165, 1.54) is 12.1 Å². The van der Waals surface area contributed by atoms with Gasteiger partial charge in [0.25, 0.3) is 0 Å². The third-order valence-electron chi connectivity index (χ3n) is 2.95. The molecule has 1 aromatic carbocycles. The van der Waals surface area contributed by atoms with Gasteiger partial charge in [0.15, 0.2) is 0 Å². The third kappa shape index (κ3) is 5.15. The molecule has 1 unspecified atom stereocenters. The van der Waals surface area contributed by atoms with Gasteiger partial charge in [-0.25, -0.2) is 4.39 Å². The Kier molecular flexibility index (Phi) is 5.27. The predicted octanol–water partition coefficient (Wildman–Crippen LogP) is 2.75. The van der Waals surface area contributed by atoms with Gasteiger partial charge in [-0.2, -0.15) is 0 Å². The fourth-order valence-electron chi connectivity index (χ4n) is 1.91. The van der Waals surface area contributed by atoms with E-state index in [4.69, 9.17) is 4.42 Å². The maximum atomic E-state index is 12.8. The summed E-state index contributed by atoms with van der Waals surface area (Å²) in [6, 6.07) is 7.37. The Morgan fingerprint density at radius 3 is 2.52 bits per heavy atom. The first-order valence-electron chi connectivity index (χ1n) is 7.09. The molecular weight excluding hydrogens is 271 g/mol. The van der Waals surface area contributed by atoms with E-state index in [2.05, 4.69) is 34.7 Å². The summed E-state index contributed by atoms with van der Waals surface area (Å²) < 4.78 is 18.4. The van der Waals surface area contributed by atoms with Crippen LogP contribution in [0, 0.1) is 5.82 Å². The number of aromatic nitrogens is 2. The van der Waals surface area contributed by atoms with Gasteiger partial charge in [-0.3, -0.25) is 0 Å². The summed E-state index contributed by atoms with van der Waals surface area (Å²) in [4.78, 5) is 0. The molecule has 0 saturated heterocycles. The van der Waals surface area contributed by atoms with Crippen molar-refractivity contribution in [1.82, 2.24) is 15.5 Å². The van der Waals surface area contributed by atoms with Crippen molar-refractivity contribution in [3.05, 3.63) is 41.5 Å². The van der Waals surface area contributed by atoms with Crippen molar-refractivity contribution in [2.24, 2.45) is 0 Å². The molecule has 5 nitrogen and oxygen atoms in total. The highest BCUT2D eigenvalue weighted by Crippen LogP contribution is 2.11. The van der Waals surface area contributed by atoms with Crippen LogP contribution in [0.3, 0.4) is 0 Å². The molecule has 21 heavy (non-hydrogen) atoms. The summed E-state index contributed by atoms with van der Waals surface area (Å²) in [6.45, 7) is 6.68. The molecule has 0 saturated carbocycles. The lowest BCUT2D eigenvalue weighted by molar-refractivity contribution is 0.456. The summed E-state index contributed by atoms with van der Waals surface area (Å²) in [5.41, 5.74) is 1.05. The Morgan fingerprint density at radius 2 is 1.86 bits per heavy atom. The molecule has 1 aromatic heterocycles. The van der Waals surface area contributed by atoms with E-state index in [0.29, 0.717) is 24.5 Å². The SMILES string of the molecule is CC(C)NCc1nnc(NC(C)Cc2ccc(F)cc2)o1. The quantitative estimate of drug-likeness (QED) is 0.821. The van der Waals surface area contributed by atoms with Crippen LogP contribution in [-0.4, -0.2) is 22.3 Å². The minimum Gasteiger partial charge on any atom is -0.407 e. The van der Waals surface area contributed by atoms with Crippen LogP contribution >= 0.6 is 0 Å². The zero-order valence-corrected chi connectivity index (χ0v) is 12.6. The Balaban J connectivity index is 1.84. The second-order valence-electron chi connectivity index (χ2n) is 5.41. The van der Waals surface area contributed by atoms with Crippen LogP contribution in [0.4, 0.5) is 10.4 Å². The van der Waals surface area contributed by atoms with Crippen molar-refractivity contribution in [2.75, 3.05) is 5.32 Å². The normalized spacial score (nSPS) is 12.6. The standard InChI is InChI=1S/C15H21FN4O/c1-10(2)17-9-14-19-20-15(21-14)18-11(3)8-12-4-6-13(16)7-5-12/h4-7,10-11,17H,8-9H2,1-3H3,(H,18,20). The van der Waals surface area contributed by atoms with E-state index >= 15 is 0 Å². The molecule has 0 aliphatic rings. The summed E-state index contributed by atoms with van der Waals surface area (Å²) in [5.74, 6) is 0.332. The molecule has 0 amide bonds. The number of nitrogens with zero attached hydrogens (tertiary/aromatic N) is 2. The zero-order chi connectivity index (χ0) is 15.2. The van der Waals surface area contributed by atoms with Crippen LogP contribution in [0.5, 0.6) is 0 Å². The maximum absolute atomic E-state index is 12.8. The number of hydrogen-bond acceptors (Lipinski definition) is 5. The summed E-state index contributed by atoms with van der Waals surface area (Å²) in [7, 11) is 0. The van der Waals surface area contributed by atoms with E-state index in [1.807, 2.05) is 6.92 Å². The molecule has 0 bridgehead atoms. The molecule has 2 aromatic rings. The maximum Gasteiger partial charge on any atom is 0.315 e. The fourth-order valence-corrected chi connectivity index (χ4v) is 1.91. The van der Waals surface area contributed by atoms with Gasteiger partial charge in [-0.05, 0) is 31.0 Å². The van der Waals surface area contributed by atoms with Gasteiger partial charge in [0.05, 0.1) is 6.54 Å². The fraction of sp³-hybridized carbons (Fsp3) is 0.467. The Labute approximate surface area is 124 Å². The average molecular weight is 292 g/mol. The molecule has 0 aliphatic heterocycles. The van der Waals surface area contributed by atoms with E-state index in [0.717, 1.165) is 12.0 Å². The second kappa shape index (κ2) is 7.17. The Hall–Kier alpha value is -1.95. The van der Waals surface area contributed by atoms with Gasteiger partial charge in [0.2, 0.25) is 5.89 Å². The predicted molar refractivity (Wildman–Crippen MR) is 79.5 cm³/mol. The van der Waals surface area contributed by atoms with Crippen LogP contribution in [0.25, 0.3) is 0 Å². The van der Waals surface area contributed by atoms with Gasteiger partial charge >= 0.3 is 6.01 Å². The van der Waals surface area contributed by atoms with E-state index < -0.39 is 0 Å². The van der Waals surface area contributed by atoms with Crippen LogP contribution in [-0.2, 0) is 13.0 Å². The molecule has 114 valence electrons. The van der Waals surface area contributed by atoms with Gasteiger partial charge in [0.1, 0.15) is 5.82 Å². The van der Waals surface area contributed by atoms with E-state index in [1.54, 1.807) is 12.1 Å². The summed E-state index contributed by atoms with van der Waals surface area (Å²) >= 11 is 0. The van der Waals surface area contributed by atoms with Gasteiger partial charge in [-0.1, -0.05) is 31.1 Å². The largest absolute Gasteiger partial charge is 0.407 e. The molecule has 0 aliphatic carbocycles. The molecule has 1 atom stereocenters. The second-order valence-corrected chi connectivity index (χ2v) is 5.41. The molecule has 6 heteroatoms. The molecule has 2 rings (SSSR count). The van der Waals surface area contributed by atoms with Crippen molar-refractivity contribution < 1.29 is 8.81 Å². The minimum atomic E-state index is -0.224. The summed E-state index contributed by atoms with van der Waals surface area (Å²) in [5, 5.41) is 14.3. The average Bonchev–Trinajstić information content (AvgIpc) is 2.86. The lowest BCUT2D eigenvalue weighted by Gasteiger charge is -2.11. The summed E-state index contributed by atoms with van der Waals surface area (Å²) in [6.07, 6.45) is 0.752. The zero-order valence-electron chi connectivity index (χ0n) is 12.6. The Bertz CT molecular complexity index is 553. The van der Waals surface area contributed by atoms with E-state index in [9.17, 15) is 4.39 Å². The molecule has 1 heterocycles. The monoisotopic (exact) mass is 292 g/mol. The highest BCUT2D eigenvalue weighted by Gasteiger charge is 2.10. The molecule has 0 radical (unpaired) electrons. The third-order valence-corrected chi connectivity index (χ3v) is 2.95. The number of nitrogens with one attached hydrogen (secondary N) is 2. The lowest BCUT2D eigenvalue weighted by Crippen LogP contribution is -2.22. The first kappa shape index (κ1) is 15.4. The Morgan fingerprint density at radius 1 is 1.14 bits per heavy atom. The molecular formula is C15H21FN4O. The van der Waals surface area contributed by atoms with Gasteiger partial charge in [-0.15, -0.1) is 5.10 Å². The molecule has 0 spiro atoms. The highest BCUT2D eigenvalue weighted by molar-refractivity contribution is 5.23. The first-order chi connectivity index (χ1) is 10.0. The van der Waals surface area contributed by atoms with Crippen LogP contribution in [0.1, 0.15) is 32.2 Å². The van der Waals surface area contributed by atoms with Crippen LogP contribution < -0.4 is 10.6 Å². The van der Waals surface area contributed by atoms with Crippen molar-refractivity contribution in [3.8, 4) is 0 Å². The number of rotatable bonds is 7. The highest BCUT2D eigenvalue weighted by atomic mass is 19.1. The number of halogens is 1. The first-order valence-corrected chi connectivity index (χ1v) is 7.09. The van der Waals surface area contributed by atoms with Crippen molar-refractivity contribution >= 4 is 6.01 Å². The van der Waals surface area contributed by atoms with Gasteiger partial charge in [0, 0.05) is 12.1 Å². The topological polar surface area (TPSA) is 63.0 Å². The smallest absolute Gasteiger partial charge is 0.315 e. The molecule has 2 N–H and O–H groups in total. The lowest BCUT2D eigenvalue weighted by atomic mass is 10.1.